The van der Waals surface area contributed by atoms with Crippen molar-refractivity contribution in [2.24, 2.45) is 0 Å². The van der Waals surface area contributed by atoms with Gasteiger partial charge in [-0.25, -0.2) is 0 Å². The first-order chi connectivity index (χ1) is 10.1. The summed E-state index contributed by atoms with van der Waals surface area (Å²) in [5.74, 6) is 0.822. The van der Waals surface area contributed by atoms with E-state index in [1.165, 1.54) is 5.56 Å². The van der Waals surface area contributed by atoms with Gasteiger partial charge in [-0.2, -0.15) is 0 Å². The highest BCUT2D eigenvalue weighted by molar-refractivity contribution is 9.10. The van der Waals surface area contributed by atoms with Crippen LogP contribution in [-0.2, 0) is 13.2 Å². The Kier molecular flexibility index (Phi) is 6.09. The van der Waals surface area contributed by atoms with Crippen molar-refractivity contribution in [1.82, 2.24) is 5.32 Å². The number of hydrogen-bond acceptors (Lipinski definition) is 2. The summed E-state index contributed by atoms with van der Waals surface area (Å²) < 4.78 is 6.79. The highest BCUT2D eigenvalue weighted by Gasteiger charge is 2.05. The topological polar surface area (TPSA) is 21.3 Å². The van der Waals surface area contributed by atoms with Crippen LogP contribution in [-0.4, -0.2) is 6.04 Å². The average Bonchev–Trinajstić information content (AvgIpc) is 2.45. The number of ether oxygens (including phenoxy) is 1. The molecule has 0 saturated carbocycles. The molecular weight excluding hydrogens is 350 g/mol. The molecule has 0 unspecified atom stereocenters. The first-order valence-electron chi connectivity index (χ1n) is 6.94. The lowest BCUT2D eigenvalue weighted by molar-refractivity contribution is 0.304. The van der Waals surface area contributed by atoms with Gasteiger partial charge in [-0.05, 0) is 39.7 Å². The first kappa shape index (κ1) is 16.3. The smallest absolute Gasteiger partial charge is 0.134 e. The average molecular weight is 369 g/mol. The lowest BCUT2D eigenvalue weighted by atomic mass is 10.2. The monoisotopic (exact) mass is 367 g/mol. The second-order valence-electron chi connectivity index (χ2n) is 5.18. The molecule has 4 heteroatoms. The highest BCUT2D eigenvalue weighted by atomic mass is 79.9. The van der Waals surface area contributed by atoms with Gasteiger partial charge in [0.05, 0.1) is 4.47 Å². The number of hydrogen-bond donors (Lipinski definition) is 1. The third kappa shape index (κ3) is 5.03. The molecule has 2 nitrogen and oxygen atoms in total. The van der Waals surface area contributed by atoms with Gasteiger partial charge in [0.1, 0.15) is 12.4 Å². The van der Waals surface area contributed by atoms with Gasteiger partial charge in [0, 0.05) is 23.2 Å². The Morgan fingerprint density at radius 1 is 1.19 bits per heavy atom. The van der Waals surface area contributed by atoms with Crippen LogP contribution in [0.4, 0.5) is 0 Å². The predicted molar refractivity (Wildman–Crippen MR) is 91.9 cm³/mol. The molecular formula is C17H19BrClNO. The van der Waals surface area contributed by atoms with E-state index in [0.29, 0.717) is 12.6 Å². The SMILES string of the molecule is CC(C)NCc1ccc(OCc2ccccc2Cl)c(Br)c1. The Morgan fingerprint density at radius 3 is 2.62 bits per heavy atom. The van der Waals surface area contributed by atoms with Crippen molar-refractivity contribution >= 4 is 27.5 Å². The summed E-state index contributed by atoms with van der Waals surface area (Å²) >= 11 is 9.69. The maximum Gasteiger partial charge on any atom is 0.134 e. The molecule has 0 aliphatic rings. The summed E-state index contributed by atoms with van der Waals surface area (Å²) in [5.41, 5.74) is 2.21. The molecule has 0 aliphatic carbocycles. The zero-order valence-corrected chi connectivity index (χ0v) is 14.5. The first-order valence-corrected chi connectivity index (χ1v) is 8.11. The minimum absolute atomic E-state index is 0.460. The molecule has 0 saturated heterocycles. The fourth-order valence-electron chi connectivity index (χ4n) is 1.86. The molecule has 0 bridgehead atoms. The third-order valence-electron chi connectivity index (χ3n) is 3.05. The quantitative estimate of drug-likeness (QED) is 0.758. The summed E-state index contributed by atoms with van der Waals surface area (Å²) in [5, 5.41) is 4.12. The van der Waals surface area contributed by atoms with Crippen LogP contribution < -0.4 is 10.1 Å². The fraction of sp³-hybridized carbons (Fsp3) is 0.294. The van der Waals surface area contributed by atoms with Crippen molar-refractivity contribution in [2.45, 2.75) is 33.0 Å². The van der Waals surface area contributed by atoms with Crippen LogP contribution in [0.25, 0.3) is 0 Å². The highest BCUT2D eigenvalue weighted by Crippen LogP contribution is 2.27. The minimum atomic E-state index is 0.460. The lowest BCUT2D eigenvalue weighted by Gasteiger charge is -2.12. The van der Waals surface area contributed by atoms with Crippen LogP contribution in [0.3, 0.4) is 0 Å². The largest absolute Gasteiger partial charge is 0.488 e. The number of benzene rings is 2. The summed E-state index contributed by atoms with van der Waals surface area (Å²) in [6.07, 6.45) is 0. The predicted octanol–water partition coefficient (Wildman–Crippen LogP) is 5.18. The van der Waals surface area contributed by atoms with Gasteiger partial charge in [-0.1, -0.05) is 49.7 Å². The van der Waals surface area contributed by atoms with Gasteiger partial charge in [0.2, 0.25) is 0 Å². The van der Waals surface area contributed by atoms with Gasteiger partial charge >= 0.3 is 0 Å². The number of halogens is 2. The zero-order valence-electron chi connectivity index (χ0n) is 12.2. The Morgan fingerprint density at radius 2 is 1.95 bits per heavy atom. The lowest BCUT2D eigenvalue weighted by Crippen LogP contribution is -2.21. The van der Waals surface area contributed by atoms with E-state index in [2.05, 4.69) is 47.2 Å². The Labute approximate surface area is 139 Å². The molecule has 2 aromatic rings. The molecule has 21 heavy (non-hydrogen) atoms. The van der Waals surface area contributed by atoms with Crippen molar-refractivity contribution < 1.29 is 4.74 Å². The van der Waals surface area contributed by atoms with Gasteiger partial charge in [-0.15, -0.1) is 0 Å². The molecule has 0 amide bonds. The van der Waals surface area contributed by atoms with Crippen molar-refractivity contribution in [3.63, 3.8) is 0 Å². The van der Waals surface area contributed by atoms with Crippen molar-refractivity contribution in [3.8, 4) is 5.75 Å². The second-order valence-corrected chi connectivity index (χ2v) is 6.44. The van der Waals surface area contributed by atoms with Crippen molar-refractivity contribution in [2.75, 3.05) is 0 Å². The molecule has 1 N–H and O–H groups in total. The standard InChI is InChI=1S/C17H19BrClNO/c1-12(2)20-10-13-7-8-17(15(18)9-13)21-11-14-5-3-4-6-16(14)19/h3-9,12,20H,10-11H2,1-2H3. The van der Waals surface area contributed by atoms with Gasteiger partial charge in [-0.3, -0.25) is 0 Å². The summed E-state index contributed by atoms with van der Waals surface area (Å²) in [4.78, 5) is 0. The van der Waals surface area contributed by atoms with Gasteiger partial charge < -0.3 is 10.1 Å². The maximum absolute atomic E-state index is 6.13. The van der Waals surface area contributed by atoms with E-state index in [9.17, 15) is 0 Å². The Hall–Kier alpha value is -1.03. The summed E-state index contributed by atoms with van der Waals surface area (Å²) in [7, 11) is 0. The summed E-state index contributed by atoms with van der Waals surface area (Å²) in [6, 6.07) is 14.3. The Balaban J connectivity index is 1.99. The van der Waals surface area contributed by atoms with E-state index >= 15 is 0 Å². The molecule has 0 heterocycles. The van der Waals surface area contributed by atoms with Gasteiger partial charge in [0.25, 0.3) is 0 Å². The second kappa shape index (κ2) is 7.83. The molecule has 0 fully saturated rings. The molecule has 0 atom stereocenters. The third-order valence-corrected chi connectivity index (χ3v) is 4.04. The van der Waals surface area contributed by atoms with Crippen LogP contribution in [0.2, 0.25) is 5.02 Å². The van der Waals surface area contributed by atoms with Crippen LogP contribution in [0.1, 0.15) is 25.0 Å². The molecule has 0 spiro atoms. The fourth-order valence-corrected chi connectivity index (χ4v) is 2.60. The van der Waals surface area contributed by atoms with E-state index in [4.69, 9.17) is 16.3 Å². The number of nitrogens with one attached hydrogen (secondary N) is 1. The number of rotatable bonds is 6. The maximum atomic E-state index is 6.13. The normalized spacial score (nSPS) is 10.9. The van der Waals surface area contributed by atoms with E-state index in [1.807, 2.05) is 30.3 Å². The van der Waals surface area contributed by atoms with E-state index in [0.717, 1.165) is 27.4 Å². The van der Waals surface area contributed by atoms with E-state index in [1.54, 1.807) is 0 Å². The molecule has 2 rings (SSSR count). The molecule has 2 aromatic carbocycles. The Bertz CT molecular complexity index is 601. The van der Waals surface area contributed by atoms with Gasteiger partial charge in [0.15, 0.2) is 0 Å². The molecule has 0 aliphatic heterocycles. The van der Waals surface area contributed by atoms with E-state index < -0.39 is 0 Å². The van der Waals surface area contributed by atoms with Crippen LogP contribution in [0.5, 0.6) is 5.75 Å². The van der Waals surface area contributed by atoms with Crippen LogP contribution >= 0.6 is 27.5 Å². The van der Waals surface area contributed by atoms with E-state index in [-0.39, 0.29) is 0 Å². The minimum Gasteiger partial charge on any atom is -0.488 e. The molecule has 112 valence electrons. The van der Waals surface area contributed by atoms with Crippen molar-refractivity contribution in [1.29, 1.82) is 0 Å². The summed E-state index contributed by atoms with van der Waals surface area (Å²) in [6.45, 7) is 5.58. The van der Waals surface area contributed by atoms with Crippen LogP contribution in [0, 0.1) is 0 Å². The molecule has 0 radical (unpaired) electrons. The van der Waals surface area contributed by atoms with Crippen LogP contribution in [0.15, 0.2) is 46.9 Å². The van der Waals surface area contributed by atoms with Crippen molar-refractivity contribution in [3.05, 3.63) is 63.1 Å². The zero-order chi connectivity index (χ0) is 15.2. The molecule has 0 aromatic heterocycles.